The fourth-order valence-corrected chi connectivity index (χ4v) is 12.7. The van der Waals surface area contributed by atoms with E-state index in [1.165, 1.54) is 70.5 Å². The lowest BCUT2D eigenvalue weighted by molar-refractivity contribution is 1.18. The minimum Gasteiger partial charge on any atom is -0.309 e. The Morgan fingerprint density at radius 2 is 0.740 bits per heavy atom. The second kappa shape index (κ2) is 12.7. The minimum atomic E-state index is -2.91. The van der Waals surface area contributed by atoms with Gasteiger partial charge in [0.05, 0.1) is 11.0 Å². The van der Waals surface area contributed by atoms with E-state index in [1.54, 1.807) is 0 Å². The molecule has 0 saturated heterocycles. The van der Waals surface area contributed by atoms with Crippen molar-refractivity contribution in [3.8, 4) is 27.9 Å². The van der Waals surface area contributed by atoms with Crippen LogP contribution in [0.15, 0.2) is 212 Å². The van der Waals surface area contributed by atoms with Crippen molar-refractivity contribution in [2.45, 2.75) is 0 Å². The molecule has 0 aliphatic rings. The topological polar surface area (TPSA) is 4.93 Å². The minimum absolute atomic E-state index is 1.17. The Morgan fingerprint density at radius 1 is 0.280 bits per heavy atom. The molecule has 0 N–H and O–H groups in total. The summed E-state index contributed by atoms with van der Waals surface area (Å²) < 4.78 is 2.41. The highest BCUT2D eigenvalue weighted by Crippen LogP contribution is 2.33. The van der Waals surface area contributed by atoms with Crippen LogP contribution in [0, 0.1) is 0 Å². The molecular weight excluding hydrogens is 619 g/mol. The van der Waals surface area contributed by atoms with Crippen molar-refractivity contribution in [1.29, 1.82) is 0 Å². The van der Waals surface area contributed by atoms with Gasteiger partial charge in [0.25, 0.3) is 0 Å². The summed E-state index contributed by atoms with van der Waals surface area (Å²) in [7, 11) is -2.91. The van der Waals surface area contributed by atoms with Gasteiger partial charge in [-0.05, 0) is 73.3 Å². The number of para-hydroxylation sites is 2. The van der Waals surface area contributed by atoms with Gasteiger partial charge in [0.1, 0.15) is 0 Å². The van der Waals surface area contributed by atoms with Crippen LogP contribution >= 0.6 is 0 Å². The van der Waals surface area contributed by atoms with Crippen LogP contribution in [0.4, 0.5) is 0 Å². The van der Waals surface area contributed by atoms with Crippen LogP contribution in [0.25, 0.3) is 49.7 Å². The van der Waals surface area contributed by atoms with Gasteiger partial charge in [-0.2, -0.15) is 0 Å². The molecule has 9 aromatic rings. The summed E-state index contributed by atoms with van der Waals surface area (Å²) in [5.41, 5.74) is 8.50. The Kier molecular flexibility index (Phi) is 7.57. The molecule has 0 bridgehead atoms. The van der Waals surface area contributed by atoms with Crippen LogP contribution in [-0.4, -0.2) is 12.6 Å². The molecule has 0 unspecified atom stereocenters. The summed E-state index contributed by atoms with van der Waals surface area (Å²) in [6.45, 7) is 0. The lowest BCUT2D eigenvalue weighted by Gasteiger charge is -2.35. The van der Waals surface area contributed by atoms with Crippen LogP contribution in [0.1, 0.15) is 0 Å². The normalized spacial score (nSPS) is 11.6. The standard InChI is InChI=1S/C48H35NSi/c1-6-18-36(19-7-1)38-32-39(37-20-8-2-9-21-37)34-44(33-38)50(41-24-12-4-13-25-41,42-26-14-5-15-27-42)43-30-31-48-46(35-43)45-28-16-17-29-47(45)49(48)40-22-10-3-11-23-40/h1-35H. The van der Waals surface area contributed by atoms with E-state index in [-0.39, 0.29) is 0 Å². The van der Waals surface area contributed by atoms with Gasteiger partial charge in [-0.15, -0.1) is 0 Å². The first kappa shape index (κ1) is 29.9. The van der Waals surface area contributed by atoms with Crippen molar-refractivity contribution in [2.75, 3.05) is 0 Å². The zero-order valence-corrected chi connectivity index (χ0v) is 28.7. The summed E-state index contributed by atoms with van der Waals surface area (Å²) in [6, 6.07) is 78.4. The molecule has 236 valence electrons. The SMILES string of the molecule is c1ccc(-c2cc(-c3ccccc3)cc([Si](c3ccccc3)(c3ccccc3)c3ccc4c(c3)c3ccccc3n4-c3ccccc3)c2)cc1. The summed E-state index contributed by atoms with van der Waals surface area (Å²) >= 11 is 0. The smallest absolute Gasteiger partial charge is 0.179 e. The van der Waals surface area contributed by atoms with Crippen LogP contribution < -0.4 is 20.7 Å². The number of nitrogens with zero attached hydrogens (tertiary/aromatic N) is 1. The van der Waals surface area contributed by atoms with Gasteiger partial charge in [0.2, 0.25) is 0 Å². The molecule has 1 heterocycles. The first-order chi connectivity index (χ1) is 24.8. The maximum absolute atomic E-state index is 2.91. The van der Waals surface area contributed by atoms with Crippen molar-refractivity contribution in [3.63, 3.8) is 0 Å². The van der Waals surface area contributed by atoms with Gasteiger partial charge in [0, 0.05) is 16.5 Å². The van der Waals surface area contributed by atoms with Gasteiger partial charge in [-0.1, -0.05) is 182 Å². The molecule has 0 aliphatic carbocycles. The number of hydrogen-bond acceptors (Lipinski definition) is 0. The number of rotatable bonds is 7. The summed E-state index contributed by atoms with van der Waals surface area (Å²) in [5, 5.41) is 7.99. The Bertz CT molecular complexity index is 2460. The van der Waals surface area contributed by atoms with Crippen molar-refractivity contribution < 1.29 is 0 Å². The van der Waals surface area contributed by atoms with E-state index in [0.29, 0.717) is 0 Å². The highest BCUT2D eigenvalue weighted by molar-refractivity contribution is 7.20. The largest absolute Gasteiger partial charge is 0.309 e. The molecule has 0 aliphatic heterocycles. The molecular formula is C48H35NSi. The Labute approximate surface area is 294 Å². The molecule has 8 aromatic carbocycles. The second-order valence-corrected chi connectivity index (χ2v) is 16.7. The van der Waals surface area contributed by atoms with Crippen LogP contribution in [0.5, 0.6) is 0 Å². The molecule has 9 rings (SSSR count). The molecule has 0 fully saturated rings. The number of hydrogen-bond donors (Lipinski definition) is 0. The van der Waals surface area contributed by atoms with Gasteiger partial charge in [-0.3, -0.25) is 0 Å². The zero-order valence-electron chi connectivity index (χ0n) is 27.7. The second-order valence-electron chi connectivity index (χ2n) is 12.9. The highest BCUT2D eigenvalue weighted by atomic mass is 28.3. The maximum Gasteiger partial charge on any atom is 0.179 e. The van der Waals surface area contributed by atoms with Crippen LogP contribution in [0.3, 0.4) is 0 Å². The first-order valence-electron chi connectivity index (χ1n) is 17.3. The predicted octanol–water partition coefficient (Wildman–Crippen LogP) is 9.50. The average molecular weight is 654 g/mol. The summed E-state index contributed by atoms with van der Waals surface area (Å²) in [5.74, 6) is 0. The molecule has 0 amide bonds. The predicted molar refractivity (Wildman–Crippen MR) is 215 cm³/mol. The third kappa shape index (κ3) is 5.01. The van der Waals surface area contributed by atoms with E-state index in [1.807, 2.05) is 0 Å². The number of benzene rings is 8. The molecule has 2 heteroatoms. The fourth-order valence-electron chi connectivity index (χ4n) is 7.88. The molecule has 0 spiro atoms. The lowest BCUT2D eigenvalue weighted by atomic mass is 9.99. The van der Waals surface area contributed by atoms with E-state index < -0.39 is 8.07 Å². The number of fused-ring (bicyclic) bond motifs is 3. The quantitative estimate of drug-likeness (QED) is 0.119. The molecule has 1 aromatic heterocycles. The lowest BCUT2D eigenvalue weighted by Crippen LogP contribution is -2.74. The van der Waals surface area contributed by atoms with E-state index in [9.17, 15) is 0 Å². The zero-order chi connectivity index (χ0) is 33.3. The van der Waals surface area contributed by atoms with Gasteiger partial charge >= 0.3 is 0 Å². The van der Waals surface area contributed by atoms with Crippen LogP contribution in [-0.2, 0) is 0 Å². The fraction of sp³-hybridized carbons (Fsp3) is 0. The molecule has 0 radical (unpaired) electrons. The van der Waals surface area contributed by atoms with Gasteiger partial charge in [-0.25, -0.2) is 0 Å². The Morgan fingerprint density at radius 3 is 1.30 bits per heavy atom. The van der Waals surface area contributed by atoms with E-state index in [2.05, 4.69) is 217 Å². The third-order valence-corrected chi connectivity index (χ3v) is 14.8. The highest BCUT2D eigenvalue weighted by Gasteiger charge is 2.42. The van der Waals surface area contributed by atoms with Crippen molar-refractivity contribution in [2.24, 2.45) is 0 Å². The molecule has 0 atom stereocenters. The van der Waals surface area contributed by atoms with E-state index in [0.717, 1.165) is 0 Å². The molecule has 50 heavy (non-hydrogen) atoms. The van der Waals surface area contributed by atoms with Crippen molar-refractivity contribution in [3.05, 3.63) is 212 Å². The first-order valence-corrected chi connectivity index (χ1v) is 19.3. The average Bonchev–Trinajstić information content (AvgIpc) is 3.54. The monoisotopic (exact) mass is 653 g/mol. The third-order valence-electron chi connectivity index (χ3n) is 10.1. The van der Waals surface area contributed by atoms with E-state index >= 15 is 0 Å². The Balaban J connectivity index is 1.41. The molecule has 1 nitrogen and oxygen atoms in total. The maximum atomic E-state index is 2.51. The Hall–Kier alpha value is -6.22. The van der Waals surface area contributed by atoms with Crippen molar-refractivity contribution >= 4 is 50.6 Å². The van der Waals surface area contributed by atoms with Crippen LogP contribution in [0.2, 0.25) is 0 Å². The van der Waals surface area contributed by atoms with Gasteiger partial charge < -0.3 is 4.57 Å². The van der Waals surface area contributed by atoms with Gasteiger partial charge in [0.15, 0.2) is 8.07 Å². The summed E-state index contributed by atoms with van der Waals surface area (Å²) in [4.78, 5) is 0. The van der Waals surface area contributed by atoms with Crippen molar-refractivity contribution in [1.82, 2.24) is 4.57 Å². The van der Waals surface area contributed by atoms with E-state index in [4.69, 9.17) is 0 Å². The molecule has 0 saturated carbocycles. The summed E-state index contributed by atoms with van der Waals surface area (Å²) in [6.07, 6.45) is 0. The number of aromatic nitrogens is 1.